The number of carbonyl (C=O) groups is 1. The number of likely N-dealkylation sites (N-methyl/N-ethyl adjacent to an activating group) is 1. The molecule has 0 saturated carbocycles. The fourth-order valence-electron chi connectivity index (χ4n) is 3.62. The molecule has 0 aliphatic carbocycles. The summed E-state index contributed by atoms with van der Waals surface area (Å²) in [7, 11) is -1.94. The molecule has 1 aromatic carbocycles. The Hall–Kier alpha value is -2.31. The summed E-state index contributed by atoms with van der Waals surface area (Å²) in [6.07, 6.45) is 1.27. The number of nitrogens with zero attached hydrogens (tertiary/aromatic N) is 4. The van der Waals surface area contributed by atoms with E-state index in [2.05, 4.69) is 15.2 Å². The number of aryl methyl sites for hydroxylation is 1. The Labute approximate surface area is 194 Å². The van der Waals surface area contributed by atoms with E-state index in [4.69, 9.17) is 11.6 Å². The van der Waals surface area contributed by atoms with E-state index >= 15 is 0 Å². The largest absolute Gasteiger partial charge is 0.324 e. The third-order valence-electron chi connectivity index (χ3n) is 5.28. The summed E-state index contributed by atoms with van der Waals surface area (Å²) < 4.78 is 29.3. The summed E-state index contributed by atoms with van der Waals surface area (Å²) in [5.41, 5.74) is -0.0670. The molecule has 32 heavy (non-hydrogen) atoms. The van der Waals surface area contributed by atoms with E-state index in [0.717, 1.165) is 15.9 Å². The second-order valence-corrected chi connectivity index (χ2v) is 11.1. The van der Waals surface area contributed by atoms with Crippen LogP contribution in [0.3, 0.4) is 0 Å². The van der Waals surface area contributed by atoms with Crippen molar-refractivity contribution < 1.29 is 13.2 Å². The lowest BCUT2D eigenvalue weighted by Crippen LogP contribution is -2.47. The number of fused-ring (bicyclic) bond motifs is 1. The molecule has 0 unspecified atom stereocenters. The lowest BCUT2D eigenvalue weighted by Gasteiger charge is -2.31. The Morgan fingerprint density at radius 1 is 1.25 bits per heavy atom. The predicted molar refractivity (Wildman–Crippen MR) is 125 cm³/mol. The maximum Gasteiger partial charge on any atom is 0.263 e. The first-order chi connectivity index (χ1) is 15.2. The second kappa shape index (κ2) is 8.91. The first-order valence-electron chi connectivity index (χ1n) is 9.89. The number of amides is 1. The van der Waals surface area contributed by atoms with Crippen LogP contribution in [-0.4, -0.2) is 66.3 Å². The molecule has 1 N–H and O–H groups in total. The van der Waals surface area contributed by atoms with Gasteiger partial charge in [0, 0.05) is 41.8 Å². The SMILES string of the molecule is Cc1sc2ncn(CC(=O)Nc3cccc(Cl)c3)c(=O)c2c1S(=O)(=O)N1CCN(C)CC1. The minimum atomic E-state index is -3.87. The molecule has 2 aromatic heterocycles. The predicted octanol–water partition coefficient (Wildman–Crippen LogP) is 1.99. The van der Waals surface area contributed by atoms with Gasteiger partial charge < -0.3 is 10.2 Å². The highest BCUT2D eigenvalue weighted by atomic mass is 35.5. The highest BCUT2D eigenvalue weighted by Crippen LogP contribution is 2.33. The quantitative estimate of drug-likeness (QED) is 0.580. The smallest absolute Gasteiger partial charge is 0.263 e. The minimum Gasteiger partial charge on any atom is -0.324 e. The van der Waals surface area contributed by atoms with Gasteiger partial charge in [-0.1, -0.05) is 17.7 Å². The van der Waals surface area contributed by atoms with Gasteiger partial charge in [0.15, 0.2) is 0 Å². The molecule has 9 nitrogen and oxygen atoms in total. The monoisotopic (exact) mass is 495 g/mol. The van der Waals surface area contributed by atoms with E-state index in [1.54, 1.807) is 31.2 Å². The molecule has 0 radical (unpaired) electrons. The zero-order chi connectivity index (χ0) is 23.0. The molecule has 1 aliphatic heterocycles. The van der Waals surface area contributed by atoms with Crippen molar-refractivity contribution in [2.45, 2.75) is 18.4 Å². The number of carbonyl (C=O) groups excluding carboxylic acids is 1. The first-order valence-corrected chi connectivity index (χ1v) is 12.5. The Morgan fingerprint density at radius 3 is 2.66 bits per heavy atom. The fraction of sp³-hybridized carbons (Fsp3) is 0.350. The summed E-state index contributed by atoms with van der Waals surface area (Å²) in [4.78, 5) is 32.8. The van der Waals surface area contributed by atoms with Crippen LogP contribution in [0.15, 0.2) is 40.3 Å². The van der Waals surface area contributed by atoms with Gasteiger partial charge in [-0.25, -0.2) is 13.4 Å². The number of hydrogen-bond donors (Lipinski definition) is 1. The van der Waals surface area contributed by atoms with Crippen molar-refractivity contribution in [3.63, 3.8) is 0 Å². The van der Waals surface area contributed by atoms with Gasteiger partial charge in [-0.3, -0.25) is 14.2 Å². The van der Waals surface area contributed by atoms with Crippen molar-refractivity contribution in [3.8, 4) is 0 Å². The number of thiophene rings is 1. The minimum absolute atomic E-state index is 0.0100. The number of hydrogen-bond acceptors (Lipinski definition) is 7. The fourth-order valence-corrected chi connectivity index (χ4v) is 6.89. The van der Waals surface area contributed by atoms with Crippen LogP contribution >= 0.6 is 22.9 Å². The van der Waals surface area contributed by atoms with E-state index < -0.39 is 21.5 Å². The summed E-state index contributed by atoms with van der Waals surface area (Å²) in [5.74, 6) is -0.453. The average Bonchev–Trinajstić information content (AvgIpc) is 3.08. The standard InChI is InChI=1S/C20H22ClN5O4S2/c1-13-18(32(29,30)26-8-6-24(2)7-9-26)17-19(31-13)22-12-25(20(17)28)11-16(27)23-15-5-3-4-14(21)10-15/h3-5,10,12H,6-9,11H2,1-2H3,(H,23,27). The lowest BCUT2D eigenvalue weighted by molar-refractivity contribution is -0.116. The summed E-state index contributed by atoms with van der Waals surface area (Å²) in [6, 6.07) is 6.64. The zero-order valence-corrected chi connectivity index (χ0v) is 19.9. The van der Waals surface area contributed by atoms with E-state index in [9.17, 15) is 18.0 Å². The maximum absolute atomic E-state index is 13.4. The van der Waals surface area contributed by atoms with Crippen LogP contribution < -0.4 is 10.9 Å². The second-order valence-electron chi connectivity index (χ2n) is 7.61. The Kier molecular flexibility index (Phi) is 6.37. The van der Waals surface area contributed by atoms with Crippen molar-refractivity contribution in [2.24, 2.45) is 0 Å². The lowest BCUT2D eigenvalue weighted by atomic mass is 10.3. The number of benzene rings is 1. The number of nitrogens with one attached hydrogen (secondary N) is 1. The molecular weight excluding hydrogens is 474 g/mol. The van der Waals surface area contributed by atoms with Crippen molar-refractivity contribution in [2.75, 3.05) is 38.5 Å². The molecular formula is C20H22ClN5O4S2. The molecule has 3 aromatic rings. The van der Waals surface area contributed by atoms with Crippen LogP contribution in [0.5, 0.6) is 0 Å². The number of rotatable bonds is 5. The van der Waals surface area contributed by atoms with Gasteiger partial charge in [0.1, 0.15) is 16.3 Å². The molecule has 0 bridgehead atoms. The molecule has 4 rings (SSSR count). The van der Waals surface area contributed by atoms with E-state index in [-0.39, 0.29) is 16.8 Å². The van der Waals surface area contributed by atoms with Gasteiger partial charge in [-0.2, -0.15) is 4.31 Å². The van der Waals surface area contributed by atoms with Crippen LogP contribution in [0.25, 0.3) is 10.2 Å². The molecule has 0 atom stereocenters. The molecule has 3 heterocycles. The number of anilines is 1. The summed E-state index contributed by atoms with van der Waals surface area (Å²) in [6.45, 7) is 3.30. The molecule has 0 spiro atoms. The van der Waals surface area contributed by atoms with Crippen LogP contribution in [0.4, 0.5) is 5.69 Å². The van der Waals surface area contributed by atoms with Crippen LogP contribution in [0.2, 0.25) is 5.02 Å². The molecule has 1 aliphatic rings. The first kappa shape index (κ1) is 22.9. The van der Waals surface area contributed by atoms with Gasteiger partial charge in [-0.15, -0.1) is 11.3 Å². The summed E-state index contributed by atoms with van der Waals surface area (Å²) in [5, 5.41) is 3.17. The van der Waals surface area contributed by atoms with Gasteiger partial charge in [0.25, 0.3) is 5.56 Å². The third kappa shape index (κ3) is 4.44. The van der Waals surface area contributed by atoms with Crippen LogP contribution in [-0.2, 0) is 21.4 Å². The third-order valence-corrected chi connectivity index (χ3v) is 8.73. The normalized spacial score (nSPS) is 15.8. The van der Waals surface area contributed by atoms with Crippen molar-refractivity contribution in [1.29, 1.82) is 0 Å². The van der Waals surface area contributed by atoms with Crippen LogP contribution in [0.1, 0.15) is 4.88 Å². The molecule has 1 amide bonds. The highest BCUT2D eigenvalue weighted by Gasteiger charge is 2.33. The van der Waals surface area contributed by atoms with Gasteiger partial charge in [0.05, 0.1) is 11.7 Å². The van der Waals surface area contributed by atoms with Gasteiger partial charge in [-0.05, 0) is 32.2 Å². The zero-order valence-electron chi connectivity index (χ0n) is 17.5. The topological polar surface area (TPSA) is 105 Å². The van der Waals surface area contributed by atoms with E-state index in [0.29, 0.717) is 46.6 Å². The van der Waals surface area contributed by atoms with Gasteiger partial charge >= 0.3 is 0 Å². The number of halogens is 1. The maximum atomic E-state index is 13.4. The Morgan fingerprint density at radius 2 is 1.97 bits per heavy atom. The highest BCUT2D eigenvalue weighted by molar-refractivity contribution is 7.89. The average molecular weight is 496 g/mol. The van der Waals surface area contributed by atoms with E-state index in [1.165, 1.54) is 10.6 Å². The summed E-state index contributed by atoms with van der Waals surface area (Å²) >= 11 is 7.09. The van der Waals surface area contributed by atoms with Crippen molar-refractivity contribution >= 4 is 54.8 Å². The number of piperazine rings is 1. The van der Waals surface area contributed by atoms with E-state index in [1.807, 2.05) is 7.05 Å². The Bertz CT molecular complexity index is 1340. The molecule has 170 valence electrons. The van der Waals surface area contributed by atoms with Gasteiger partial charge in [0.2, 0.25) is 15.9 Å². The van der Waals surface area contributed by atoms with Crippen molar-refractivity contribution in [1.82, 2.24) is 18.8 Å². The Balaban J connectivity index is 1.68. The molecule has 12 heteroatoms. The molecule has 1 fully saturated rings. The van der Waals surface area contributed by atoms with Crippen LogP contribution in [0, 0.1) is 6.92 Å². The molecule has 1 saturated heterocycles. The van der Waals surface area contributed by atoms with Crippen molar-refractivity contribution in [3.05, 3.63) is 50.8 Å². The number of sulfonamides is 1. The number of aromatic nitrogens is 2.